The minimum Gasteiger partial charge on any atom is -0.481 e. The average molecular weight is 295 g/mol. The monoisotopic (exact) mass is 295 g/mol. The summed E-state index contributed by atoms with van der Waals surface area (Å²) in [6.07, 6.45) is 3.87. The number of amides is 1. The van der Waals surface area contributed by atoms with Crippen LogP contribution in [-0.4, -0.2) is 39.3 Å². The lowest BCUT2D eigenvalue weighted by Crippen LogP contribution is -2.22. The van der Waals surface area contributed by atoms with Crippen molar-refractivity contribution in [3.63, 3.8) is 0 Å². The fourth-order valence-corrected chi connectivity index (χ4v) is 1.46. The largest absolute Gasteiger partial charge is 0.481 e. The lowest BCUT2D eigenvalue weighted by Gasteiger charge is -2.03. The Bertz CT molecular complexity index is 562. The highest BCUT2D eigenvalue weighted by atomic mass is 16.5. The molecule has 0 atom stereocenters. The van der Waals surface area contributed by atoms with E-state index >= 15 is 0 Å². The number of nitrogens with zero attached hydrogens (tertiary/aromatic N) is 2. The number of carbonyl (C=O) groups excluding carboxylic acids is 2. The lowest BCUT2D eigenvalue weighted by molar-refractivity contribution is -0.138. The Morgan fingerprint density at radius 2 is 2.19 bits per heavy atom. The summed E-state index contributed by atoms with van der Waals surface area (Å²) in [6.45, 7) is 3.68. The van der Waals surface area contributed by atoms with E-state index in [0.29, 0.717) is 5.70 Å². The van der Waals surface area contributed by atoms with Crippen molar-refractivity contribution in [3.05, 3.63) is 29.7 Å². The van der Waals surface area contributed by atoms with Gasteiger partial charge in [-0.1, -0.05) is 0 Å². The highest BCUT2D eigenvalue weighted by Crippen LogP contribution is 2.01. The highest BCUT2D eigenvalue weighted by Gasteiger charge is 2.10. The van der Waals surface area contributed by atoms with Crippen molar-refractivity contribution < 1.29 is 24.2 Å². The fourth-order valence-electron chi connectivity index (χ4n) is 1.46. The second-order valence-electron chi connectivity index (χ2n) is 4.17. The van der Waals surface area contributed by atoms with Gasteiger partial charge in [0.05, 0.1) is 31.3 Å². The van der Waals surface area contributed by atoms with Gasteiger partial charge in [-0.05, 0) is 13.8 Å². The molecule has 0 aromatic carbocycles. The molecule has 0 aliphatic heterocycles. The van der Waals surface area contributed by atoms with E-state index in [-0.39, 0.29) is 25.1 Å². The normalized spacial score (nSPS) is 11.0. The predicted molar refractivity (Wildman–Crippen MR) is 72.3 cm³/mol. The maximum absolute atomic E-state index is 11.9. The quantitative estimate of drug-likeness (QED) is 0.561. The third-order valence-electron chi connectivity index (χ3n) is 2.38. The summed E-state index contributed by atoms with van der Waals surface area (Å²) in [7, 11) is 0. The summed E-state index contributed by atoms with van der Waals surface area (Å²) in [6, 6.07) is 0. The molecule has 1 rings (SSSR count). The molecular weight excluding hydrogens is 278 g/mol. The molecule has 0 spiro atoms. The zero-order valence-corrected chi connectivity index (χ0v) is 11.8. The molecule has 0 aliphatic rings. The van der Waals surface area contributed by atoms with Gasteiger partial charge < -0.3 is 15.2 Å². The van der Waals surface area contributed by atoms with E-state index in [9.17, 15) is 14.4 Å². The molecule has 0 unspecified atom stereocenters. The number of esters is 1. The summed E-state index contributed by atoms with van der Waals surface area (Å²) in [5.74, 6) is -1.91. The average Bonchev–Trinajstić information content (AvgIpc) is 2.85. The van der Waals surface area contributed by atoms with Crippen LogP contribution in [0.4, 0.5) is 0 Å². The van der Waals surface area contributed by atoms with Crippen molar-refractivity contribution in [3.8, 4) is 0 Å². The van der Waals surface area contributed by atoms with E-state index < -0.39 is 17.8 Å². The summed E-state index contributed by atoms with van der Waals surface area (Å²) >= 11 is 0. The van der Waals surface area contributed by atoms with Gasteiger partial charge in [0, 0.05) is 18.0 Å². The number of carbonyl (C=O) groups is 3. The van der Waals surface area contributed by atoms with Crippen LogP contribution in [0.15, 0.2) is 24.2 Å². The van der Waals surface area contributed by atoms with Gasteiger partial charge in [0.25, 0.3) is 5.91 Å². The minimum atomic E-state index is -0.940. The molecule has 114 valence electrons. The molecule has 8 nitrogen and oxygen atoms in total. The molecule has 8 heteroatoms. The molecule has 0 saturated heterocycles. The second kappa shape index (κ2) is 7.83. The van der Waals surface area contributed by atoms with E-state index in [1.807, 2.05) is 0 Å². The molecule has 1 aromatic rings. The molecule has 2 N–H and O–H groups in total. The van der Waals surface area contributed by atoms with Crippen LogP contribution in [0.25, 0.3) is 0 Å². The molecular formula is C13H17N3O5. The number of hydrogen-bond donors (Lipinski definition) is 2. The molecule has 1 heterocycles. The zero-order chi connectivity index (χ0) is 15.8. The number of aliphatic carboxylic acids is 1. The minimum absolute atomic E-state index is 0.0788. The van der Waals surface area contributed by atoms with E-state index in [1.165, 1.54) is 23.2 Å². The number of carboxylic acid groups (broad SMARTS) is 1. The van der Waals surface area contributed by atoms with E-state index in [0.717, 1.165) is 0 Å². The molecule has 1 amide bonds. The number of aromatic nitrogens is 2. The van der Waals surface area contributed by atoms with Crippen molar-refractivity contribution in [1.82, 2.24) is 15.1 Å². The number of rotatable bonds is 7. The SMILES string of the molecule is CCOC(=O)/C=C(\C)NC(=O)c1cnn(CCC(=O)O)c1. The van der Waals surface area contributed by atoms with Gasteiger partial charge >= 0.3 is 11.9 Å². The van der Waals surface area contributed by atoms with Gasteiger partial charge in [-0.15, -0.1) is 0 Å². The Morgan fingerprint density at radius 3 is 2.81 bits per heavy atom. The number of nitrogens with one attached hydrogen (secondary N) is 1. The summed E-state index contributed by atoms with van der Waals surface area (Å²) in [5.41, 5.74) is 0.619. The third kappa shape index (κ3) is 5.89. The van der Waals surface area contributed by atoms with Gasteiger partial charge in [-0.3, -0.25) is 14.3 Å². The van der Waals surface area contributed by atoms with Crippen molar-refractivity contribution in [2.45, 2.75) is 26.8 Å². The van der Waals surface area contributed by atoms with E-state index in [1.54, 1.807) is 13.8 Å². The summed E-state index contributed by atoms with van der Waals surface area (Å²) < 4.78 is 6.09. The molecule has 0 fully saturated rings. The van der Waals surface area contributed by atoms with Crippen LogP contribution in [0.2, 0.25) is 0 Å². The van der Waals surface area contributed by atoms with E-state index in [4.69, 9.17) is 9.84 Å². The van der Waals surface area contributed by atoms with Crippen molar-refractivity contribution >= 4 is 17.8 Å². The van der Waals surface area contributed by atoms with Crippen molar-refractivity contribution in [2.24, 2.45) is 0 Å². The Hall–Kier alpha value is -2.64. The van der Waals surface area contributed by atoms with Crippen LogP contribution < -0.4 is 5.32 Å². The Morgan fingerprint density at radius 1 is 1.48 bits per heavy atom. The Labute approximate surface area is 121 Å². The number of aryl methyl sites for hydroxylation is 1. The smallest absolute Gasteiger partial charge is 0.332 e. The molecule has 0 aliphatic carbocycles. The summed E-state index contributed by atoms with van der Waals surface area (Å²) in [5, 5.41) is 15.0. The van der Waals surface area contributed by atoms with Crippen LogP contribution >= 0.6 is 0 Å². The predicted octanol–water partition coefficient (Wildman–Crippen LogP) is 0.554. The number of hydrogen-bond acceptors (Lipinski definition) is 5. The highest BCUT2D eigenvalue weighted by molar-refractivity contribution is 5.95. The first-order valence-corrected chi connectivity index (χ1v) is 6.33. The molecule has 0 saturated carbocycles. The first-order chi connectivity index (χ1) is 9.92. The van der Waals surface area contributed by atoms with Crippen LogP contribution in [0, 0.1) is 0 Å². The van der Waals surface area contributed by atoms with Crippen LogP contribution in [-0.2, 0) is 20.9 Å². The molecule has 0 radical (unpaired) electrons. The molecule has 0 bridgehead atoms. The topological polar surface area (TPSA) is 111 Å². The van der Waals surface area contributed by atoms with Gasteiger partial charge in [-0.2, -0.15) is 5.10 Å². The fraction of sp³-hybridized carbons (Fsp3) is 0.385. The van der Waals surface area contributed by atoms with Gasteiger partial charge in [0.15, 0.2) is 0 Å². The summed E-state index contributed by atoms with van der Waals surface area (Å²) in [4.78, 5) is 33.5. The third-order valence-corrected chi connectivity index (χ3v) is 2.38. The Kier molecular flexibility index (Phi) is 6.12. The second-order valence-corrected chi connectivity index (χ2v) is 4.17. The van der Waals surface area contributed by atoms with Crippen LogP contribution in [0.3, 0.4) is 0 Å². The maximum Gasteiger partial charge on any atom is 0.332 e. The first-order valence-electron chi connectivity index (χ1n) is 6.33. The van der Waals surface area contributed by atoms with Crippen LogP contribution in [0.1, 0.15) is 30.6 Å². The number of carboxylic acids is 1. The Balaban J connectivity index is 2.59. The zero-order valence-electron chi connectivity index (χ0n) is 11.8. The van der Waals surface area contributed by atoms with E-state index in [2.05, 4.69) is 10.4 Å². The van der Waals surface area contributed by atoms with Crippen LogP contribution in [0.5, 0.6) is 0 Å². The first kappa shape index (κ1) is 16.4. The van der Waals surface area contributed by atoms with Crippen molar-refractivity contribution in [1.29, 1.82) is 0 Å². The van der Waals surface area contributed by atoms with Gasteiger partial charge in [0.2, 0.25) is 0 Å². The van der Waals surface area contributed by atoms with Crippen molar-refractivity contribution in [2.75, 3.05) is 6.61 Å². The molecule has 1 aromatic heterocycles. The maximum atomic E-state index is 11.9. The van der Waals surface area contributed by atoms with Gasteiger partial charge in [-0.25, -0.2) is 4.79 Å². The number of allylic oxidation sites excluding steroid dienone is 1. The van der Waals surface area contributed by atoms with Gasteiger partial charge in [0.1, 0.15) is 0 Å². The number of ether oxygens (including phenoxy) is 1. The standard InChI is InChI=1S/C13H17N3O5/c1-3-21-12(19)6-9(2)15-13(20)10-7-14-16(8-10)5-4-11(17)18/h6-8H,3-5H2,1-2H3,(H,15,20)(H,17,18)/b9-6+. The lowest BCUT2D eigenvalue weighted by atomic mass is 10.3. The molecule has 21 heavy (non-hydrogen) atoms.